The molecular formula is C18H20N4O2. The van der Waals surface area contributed by atoms with E-state index in [1.807, 2.05) is 36.0 Å². The summed E-state index contributed by atoms with van der Waals surface area (Å²) in [6.07, 6.45) is 2.57. The van der Waals surface area contributed by atoms with Crippen molar-refractivity contribution in [2.75, 3.05) is 20.7 Å². The van der Waals surface area contributed by atoms with E-state index in [2.05, 4.69) is 11.2 Å². The fraction of sp³-hybridized carbons (Fsp3) is 0.389. The summed E-state index contributed by atoms with van der Waals surface area (Å²) in [6.45, 7) is 2.75. The second-order valence-electron chi connectivity index (χ2n) is 6.25. The summed E-state index contributed by atoms with van der Waals surface area (Å²) in [5.74, 6) is -0.0392. The van der Waals surface area contributed by atoms with E-state index in [4.69, 9.17) is 10.00 Å². The van der Waals surface area contributed by atoms with Crippen molar-refractivity contribution in [3.05, 3.63) is 41.2 Å². The van der Waals surface area contributed by atoms with Crippen molar-refractivity contribution in [3.8, 4) is 17.2 Å². The molecular weight excluding hydrogens is 304 g/mol. The highest BCUT2D eigenvalue weighted by Gasteiger charge is 2.27. The number of nitrogens with zero attached hydrogens (tertiary/aromatic N) is 4. The van der Waals surface area contributed by atoms with Crippen LogP contribution in [-0.2, 0) is 22.5 Å². The van der Waals surface area contributed by atoms with Gasteiger partial charge in [0, 0.05) is 31.8 Å². The minimum atomic E-state index is -0.0392. The van der Waals surface area contributed by atoms with Crippen LogP contribution in [-0.4, -0.2) is 47.4 Å². The Morgan fingerprint density at radius 2 is 2.25 bits per heavy atom. The molecule has 1 aliphatic heterocycles. The van der Waals surface area contributed by atoms with E-state index in [0.717, 1.165) is 28.8 Å². The first kappa shape index (κ1) is 16.2. The number of aryl methyl sites for hydroxylation is 1. The molecule has 0 fully saturated rings. The van der Waals surface area contributed by atoms with Gasteiger partial charge >= 0.3 is 0 Å². The molecule has 0 aliphatic carbocycles. The van der Waals surface area contributed by atoms with Crippen LogP contribution in [0.5, 0.6) is 0 Å². The third-order valence-electron chi connectivity index (χ3n) is 4.33. The predicted molar refractivity (Wildman–Crippen MR) is 89.3 cm³/mol. The first-order valence-electron chi connectivity index (χ1n) is 7.87. The monoisotopic (exact) mass is 324 g/mol. The van der Waals surface area contributed by atoms with E-state index < -0.39 is 0 Å². The Morgan fingerprint density at radius 3 is 2.92 bits per heavy atom. The van der Waals surface area contributed by atoms with Crippen molar-refractivity contribution in [3.63, 3.8) is 0 Å². The zero-order valence-corrected chi connectivity index (χ0v) is 14.1. The van der Waals surface area contributed by atoms with Gasteiger partial charge in [-0.15, -0.1) is 0 Å². The van der Waals surface area contributed by atoms with Crippen LogP contribution in [0.3, 0.4) is 0 Å². The second-order valence-corrected chi connectivity index (χ2v) is 6.25. The van der Waals surface area contributed by atoms with Gasteiger partial charge in [0.15, 0.2) is 0 Å². The van der Waals surface area contributed by atoms with E-state index in [-0.39, 0.29) is 18.6 Å². The van der Waals surface area contributed by atoms with Crippen LogP contribution in [0.2, 0.25) is 0 Å². The highest BCUT2D eigenvalue weighted by Crippen LogP contribution is 2.31. The molecule has 1 aliphatic rings. The zero-order chi connectivity index (χ0) is 17.3. The summed E-state index contributed by atoms with van der Waals surface area (Å²) in [5.41, 5.74) is 4.98. The smallest absolute Gasteiger partial charge is 0.248 e. The fourth-order valence-corrected chi connectivity index (χ4v) is 2.95. The van der Waals surface area contributed by atoms with Gasteiger partial charge in [0.2, 0.25) is 5.91 Å². The van der Waals surface area contributed by atoms with Gasteiger partial charge in [0.1, 0.15) is 6.61 Å². The molecule has 0 radical (unpaired) electrons. The van der Waals surface area contributed by atoms with Crippen LogP contribution < -0.4 is 0 Å². The molecule has 0 saturated carbocycles. The van der Waals surface area contributed by atoms with E-state index in [9.17, 15) is 4.79 Å². The number of ether oxygens (including phenoxy) is 1. The van der Waals surface area contributed by atoms with Gasteiger partial charge in [0.05, 0.1) is 30.5 Å². The maximum absolute atomic E-state index is 11.7. The number of hydrogen-bond acceptors (Lipinski definition) is 4. The largest absolute Gasteiger partial charge is 0.366 e. The lowest BCUT2D eigenvalue weighted by atomic mass is 9.98. The molecule has 2 aromatic rings. The molecule has 6 nitrogen and oxygen atoms in total. The summed E-state index contributed by atoms with van der Waals surface area (Å²) >= 11 is 0. The van der Waals surface area contributed by atoms with Crippen molar-refractivity contribution in [1.82, 2.24) is 14.7 Å². The standard InChI is InChI=1S/C18H20N4O2/c1-12-6-13(8-19)4-5-15(12)16-9-20-22-10-14(7-17(16)22)24-11-18(23)21(2)3/h4-6,9,14H,7,10-11H2,1-3H3/t14-/m1/s1. The Kier molecular flexibility index (Phi) is 4.36. The minimum Gasteiger partial charge on any atom is -0.366 e. The molecule has 0 saturated heterocycles. The summed E-state index contributed by atoms with van der Waals surface area (Å²) < 4.78 is 7.67. The molecule has 124 valence electrons. The number of fused-ring (bicyclic) bond motifs is 1. The maximum Gasteiger partial charge on any atom is 0.248 e. The Hall–Kier alpha value is -2.65. The lowest BCUT2D eigenvalue weighted by Gasteiger charge is -2.14. The number of rotatable bonds is 4. The third-order valence-corrected chi connectivity index (χ3v) is 4.33. The molecule has 6 heteroatoms. The molecule has 0 spiro atoms. The number of hydrogen-bond donors (Lipinski definition) is 0. The lowest BCUT2D eigenvalue weighted by Crippen LogP contribution is -2.29. The molecule has 24 heavy (non-hydrogen) atoms. The summed E-state index contributed by atoms with van der Waals surface area (Å²) in [7, 11) is 3.44. The molecule has 1 aromatic heterocycles. The van der Waals surface area contributed by atoms with E-state index in [1.54, 1.807) is 14.1 Å². The highest BCUT2D eigenvalue weighted by atomic mass is 16.5. The molecule has 1 aromatic carbocycles. The van der Waals surface area contributed by atoms with Crippen LogP contribution in [0.15, 0.2) is 24.4 Å². The molecule has 0 N–H and O–H groups in total. The average Bonchev–Trinajstić information content (AvgIpc) is 3.12. The summed E-state index contributed by atoms with van der Waals surface area (Å²) in [5, 5.41) is 13.4. The first-order chi connectivity index (χ1) is 11.5. The number of carbonyl (C=O) groups is 1. The van der Waals surface area contributed by atoms with Gasteiger partial charge in [-0.3, -0.25) is 9.48 Å². The van der Waals surface area contributed by atoms with Gasteiger partial charge in [-0.05, 0) is 30.2 Å². The summed E-state index contributed by atoms with van der Waals surface area (Å²) in [6, 6.07) is 7.84. The van der Waals surface area contributed by atoms with Gasteiger partial charge in [-0.25, -0.2) is 0 Å². The van der Waals surface area contributed by atoms with Gasteiger partial charge in [-0.2, -0.15) is 10.4 Å². The van der Waals surface area contributed by atoms with Crippen LogP contribution in [0.25, 0.3) is 11.1 Å². The second kappa shape index (κ2) is 6.46. The Morgan fingerprint density at radius 1 is 1.46 bits per heavy atom. The number of aromatic nitrogens is 2. The van der Waals surface area contributed by atoms with E-state index >= 15 is 0 Å². The van der Waals surface area contributed by atoms with Crippen molar-refractivity contribution < 1.29 is 9.53 Å². The predicted octanol–water partition coefficient (Wildman–Crippen LogP) is 1.76. The normalized spacial score (nSPS) is 15.8. The van der Waals surface area contributed by atoms with E-state index in [0.29, 0.717) is 12.1 Å². The fourth-order valence-electron chi connectivity index (χ4n) is 2.95. The molecule has 2 heterocycles. The van der Waals surface area contributed by atoms with Crippen molar-refractivity contribution in [2.45, 2.75) is 26.0 Å². The van der Waals surface area contributed by atoms with Crippen molar-refractivity contribution in [1.29, 1.82) is 5.26 Å². The lowest BCUT2D eigenvalue weighted by molar-refractivity contribution is -0.135. The topological polar surface area (TPSA) is 71.1 Å². The van der Waals surface area contributed by atoms with Crippen LogP contribution in [0, 0.1) is 18.3 Å². The first-order valence-corrected chi connectivity index (χ1v) is 7.87. The van der Waals surface area contributed by atoms with E-state index in [1.165, 1.54) is 4.90 Å². The van der Waals surface area contributed by atoms with Gasteiger partial charge < -0.3 is 9.64 Å². The van der Waals surface area contributed by atoms with Crippen molar-refractivity contribution >= 4 is 5.91 Å². The number of likely N-dealkylation sites (N-methyl/N-ethyl adjacent to an activating group) is 1. The van der Waals surface area contributed by atoms with Crippen LogP contribution in [0.1, 0.15) is 16.8 Å². The number of amides is 1. The van der Waals surface area contributed by atoms with Gasteiger partial charge in [0.25, 0.3) is 0 Å². The SMILES string of the molecule is Cc1cc(C#N)ccc1-c1cnn2c1C[C@@H](OCC(=O)N(C)C)C2. The zero-order valence-electron chi connectivity index (χ0n) is 14.1. The van der Waals surface area contributed by atoms with Crippen LogP contribution >= 0.6 is 0 Å². The number of nitriles is 1. The Balaban J connectivity index is 1.76. The van der Waals surface area contributed by atoms with Gasteiger partial charge in [-0.1, -0.05) is 6.07 Å². The van der Waals surface area contributed by atoms with Crippen LogP contribution in [0.4, 0.5) is 0 Å². The molecule has 0 bridgehead atoms. The Bertz CT molecular complexity index is 817. The number of benzene rings is 1. The molecule has 3 rings (SSSR count). The molecule has 1 atom stereocenters. The molecule has 1 amide bonds. The highest BCUT2D eigenvalue weighted by molar-refractivity contribution is 5.76. The maximum atomic E-state index is 11.7. The minimum absolute atomic E-state index is 0.0324. The average molecular weight is 324 g/mol. The Labute approximate surface area is 141 Å². The summed E-state index contributed by atoms with van der Waals surface area (Å²) in [4.78, 5) is 13.2. The molecule has 0 unspecified atom stereocenters. The number of carbonyl (C=O) groups excluding carboxylic acids is 1. The third kappa shape index (κ3) is 3.03. The quantitative estimate of drug-likeness (QED) is 0.859. The van der Waals surface area contributed by atoms with Crippen molar-refractivity contribution in [2.24, 2.45) is 0 Å².